The van der Waals surface area contributed by atoms with Crippen molar-refractivity contribution in [1.82, 2.24) is 30.2 Å². The summed E-state index contributed by atoms with van der Waals surface area (Å²) < 4.78 is 67.9. The summed E-state index contributed by atoms with van der Waals surface area (Å²) in [5.41, 5.74) is -1.28. The summed E-state index contributed by atoms with van der Waals surface area (Å²) >= 11 is 0. The Hall–Kier alpha value is -4.66. The Morgan fingerprint density at radius 1 is 1.05 bits per heavy atom. The van der Waals surface area contributed by atoms with Crippen molar-refractivity contribution in [3.63, 3.8) is 0 Å². The smallest absolute Gasteiger partial charge is 0.408 e. The number of carbonyl (C=O) groups is 4. The summed E-state index contributed by atoms with van der Waals surface area (Å²) in [6.45, 7) is 6.49. The molecule has 2 bridgehead atoms. The lowest BCUT2D eigenvalue weighted by molar-refractivity contribution is -0.143. The molecule has 318 valence electrons. The number of sulfonamides is 1. The minimum atomic E-state index is -4.24. The van der Waals surface area contributed by atoms with Gasteiger partial charge < -0.3 is 25.0 Å². The molecule has 0 radical (unpaired) electrons. The Bertz CT molecular complexity index is 2230. The molecule has 4 saturated carbocycles. The summed E-state index contributed by atoms with van der Waals surface area (Å²) in [5.74, 6) is -3.23. The number of rotatable bonds is 6. The van der Waals surface area contributed by atoms with E-state index < -0.39 is 86.5 Å². The van der Waals surface area contributed by atoms with Crippen molar-refractivity contribution in [3.05, 3.63) is 29.5 Å². The molecule has 2 aromatic rings. The van der Waals surface area contributed by atoms with Gasteiger partial charge in [0.15, 0.2) is 0 Å². The van der Waals surface area contributed by atoms with E-state index in [-0.39, 0.29) is 43.7 Å². The van der Waals surface area contributed by atoms with Crippen LogP contribution in [0.25, 0.3) is 11.0 Å². The zero-order valence-corrected chi connectivity index (χ0v) is 34.4. The number of hydrogen-bond acceptors (Lipinski definition) is 11. The molecule has 1 unspecified atom stereocenters. The number of carbonyl (C=O) groups excluding carboxylic acids is 4. The number of benzene rings is 1. The minimum absolute atomic E-state index is 0.160. The Kier molecular flexibility index (Phi) is 10.3. The van der Waals surface area contributed by atoms with Gasteiger partial charge in [0.05, 0.1) is 39.9 Å². The highest BCUT2D eigenvalue weighted by Gasteiger charge is 2.67. The van der Waals surface area contributed by atoms with Gasteiger partial charge >= 0.3 is 6.09 Å². The van der Waals surface area contributed by atoms with Crippen LogP contribution in [0.2, 0.25) is 0 Å². The number of nitriles is 1. The predicted octanol–water partition coefficient (Wildman–Crippen LogP) is 4.27. The van der Waals surface area contributed by atoms with Crippen molar-refractivity contribution in [2.24, 2.45) is 29.1 Å². The van der Waals surface area contributed by atoms with E-state index in [1.165, 1.54) is 11.8 Å². The van der Waals surface area contributed by atoms with Gasteiger partial charge in [0.2, 0.25) is 34.1 Å². The number of alkyl carbamates (subject to hydrolysis) is 1. The van der Waals surface area contributed by atoms with Gasteiger partial charge in [-0.25, -0.2) is 32.0 Å². The molecule has 1 aromatic carbocycles. The molecule has 3 heterocycles. The monoisotopic (exact) mass is 839 g/mol. The summed E-state index contributed by atoms with van der Waals surface area (Å²) in [4.78, 5) is 67.2. The molecule has 4 aliphatic carbocycles. The van der Waals surface area contributed by atoms with Gasteiger partial charge in [-0.3, -0.25) is 19.1 Å². The number of fused-ring (bicyclic) bond motifs is 7. The molecule has 9 atom stereocenters. The van der Waals surface area contributed by atoms with Crippen LogP contribution < -0.4 is 20.1 Å². The van der Waals surface area contributed by atoms with E-state index in [0.29, 0.717) is 40.5 Å². The van der Waals surface area contributed by atoms with E-state index in [2.05, 4.69) is 16.7 Å². The number of nitrogens with one attached hydrogen (secondary N) is 3. The van der Waals surface area contributed by atoms with Gasteiger partial charge in [-0.05, 0) is 99.7 Å². The number of ether oxygens (including phenoxy) is 2. The first kappa shape index (κ1) is 41.1. The summed E-state index contributed by atoms with van der Waals surface area (Å²) in [6, 6.07) is 4.44. The Morgan fingerprint density at radius 3 is 2.49 bits per heavy atom. The summed E-state index contributed by atoms with van der Waals surface area (Å²) in [5, 5.41) is 14.8. The largest absolute Gasteiger partial charge is 0.471 e. The molecule has 1 saturated heterocycles. The zero-order chi connectivity index (χ0) is 42.2. The lowest BCUT2D eigenvalue weighted by Crippen LogP contribution is -2.60. The lowest BCUT2D eigenvalue weighted by Gasteiger charge is -2.36. The number of amides is 4. The molecule has 3 N–H and O–H groups in total. The van der Waals surface area contributed by atoms with Crippen LogP contribution in [0, 0.1) is 40.4 Å². The third-order valence-corrected chi connectivity index (χ3v) is 15.6. The number of hydrogen-bond donors (Lipinski definition) is 3. The first-order valence-corrected chi connectivity index (χ1v) is 22.1. The minimum Gasteiger partial charge on any atom is -0.471 e. The SMILES string of the molecule is CC(C)(C)[C@@H]1NC(=O)O[C@@H]2C[C@@H]3CC3[C@H]2CCCCCc2nc3ccc(C#N)cc3nc2O[C@@H]2C[C@@H](C(=O)N[C@]3(C(=O)NS(=O)(=O)C4(C)CC4)C[C@H]3C(F)F)N(C2)C1=O. The molecular weight excluding hydrogens is 789 g/mol. The molecule has 2 aliphatic heterocycles. The van der Waals surface area contributed by atoms with Gasteiger partial charge in [0.25, 0.3) is 5.91 Å². The highest BCUT2D eigenvalue weighted by molar-refractivity contribution is 7.91. The molecule has 0 spiro atoms. The van der Waals surface area contributed by atoms with E-state index in [9.17, 15) is 41.6 Å². The van der Waals surface area contributed by atoms with E-state index >= 15 is 0 Å². The zero-order valence-electron chi connectivity index (χ0n) is 33.6. The maximum Gasteiger partial charge on any atom is 0.408 e. The fourth-order valence-electron chi connectivity index (χ4n) is 9.38. The molecule has 59 heavy (non-hydrogen) atoms. The highest BCUT2D eigenvalue weighted by Crippen LogP contribution is 2.58. The van der Waals surface area contributed by atoms with Crippen molar-refractivity contribution in [2.75, 3.05) is 6.54 Å². The van der Waals surface area contributed by atoms with E-state index in [1.807, 2.05) is 4.72 Å². The average molecular weight is 840 g/mol. The fraction of sp³-hybridized carbons (Fsp3) is 0.683. The first-order valence-electron chi connectivity index (χ1n) is 20.6. The van der Waals surface area contributed by atoms with Gasteiger partial charge in [0.1, 0.15) is 35.5 Å². The van der Waals surface area contributed by atoms with Crippen molar-refractivity contribution in [3.8, 4) is 11.9 Å². The molecule has 1 aromatic heterocycles. The van der Waals surface area contributed by atoms with Gasteiger partial charge in [-0.1, -0.05) is 33.6 Å². The molecule has 8 rings (SSSR count). The van der Waals surface area contributed by atoms with E-state index in [0.717, 1.165) is 38.5 Å². The van der Waals surface area contributed by atoms with Crippen LogP contribution in [0.4, 0.5) is 13.6 Å². The number of alkyl halides is 2. The molecule has 6 aliphatic rings. The first-order chi connectivity index (χ1) is 27.8. The van der Waals surface area contributed by atoms with Gasteiger partial charge in [0, 0.05) is 6.42 Å². The fourth-order valence-corrected chi connectivity index (χ4v) is 10.7. The quantitative estimate of drug-likeness (QED) is 0.374. The molecule has 4 amide bonds. The van der Waals surface area contributed by atoms with Crippen molar-refractivity contribution < 1.29 is 45.9 Å². The highest BCUT2D eigenvalue weighted by atomic mass is 32.2. The Labute approximate surface area is 341 Å². The topological polar surface area (TPSA) is 210 Å². The second kappa shape index (κ2) is 14.8. The summed E-state index contributed by atoms with van der Waals surface area (Å²) in [6.07, 6.45) is 0.629. The Balaban J connectivity index is 1.13. The van der Waals surface area contributed by atoms with Crippen LogP contribution in [-0.2, 0) is 35.6 Å². The second-order valence-electron chi connectivity index (χ2n) is 18.8. The van der Waals surface area contributed by atoms with Crippen LogP contribution in [0.5, 0.6) is 5.88 Å². The second-order valence-corrected chi connectivity index (χ2v) is 21.0. The number of halogens is 2. The summed E-state index contributed by atoms with van der Waals surface area (Å²) in [7, 11) is -4.24. The molecule has 18 heteroatoms. The third-order valence-electron chi connectivity index (χ3n) is 13.5. The molecular formula is C41H51F2N7O8S. The van der Waals surface area contributed by atoms with Crippen molar-refractivity contribution >= 4 is 44.9 Å². The molecule has 15 nitrogen and oxygen atoms in total. The van der Waals surface area contributed by atoms with Gasteiger partial charge in [-0.15, -0.1) is 0 Å². The van der Waals surface area contributed by atoms with Gasteiger partial charge in [-0.2, -0.15) is 5.26 Å². The average Bonchev–Trinajstić information content (AvgIpc) is 4.13. The normalized spacial score (nSPS) is 32.8. The Morgan fingerprint density at radius 2 is 1.81 bits per heavy atom. The number of nitrogens with zero attached hydrogens (tertiary/aromatic N) is 4. The number of aryl methyl sites for hydroxylation is 1. The molecule has 5 fully saturated rings. The van der Waals surface area contributed by atoms with E-state index in [4.69, 9.17) is 19.4 Å². The lowest BCUT2D eigenvalue weighted by atomic mass is 9.85. The van der Waals surface area contributed by atoms with Crippen LogP contribution in [0.1, 0.15) is 103 Å². The van der Waals surface area contributed by atoms with Crippen LogP contribution in [-0.4, -0.2) is 94.6 Å². The van der Waals surface area contributed by atoms with Crippen LogP contribution >= 0.6 is 0 Å². The number of aromatic nitrogens is 2. The van der Waals surface area contributed by atoms with Crippen molar-refractivity contribution in [2.45, 2.75) is 139 Å². The van der Waals surface area contributed by atoms with Crippen molar-refractivity contribution in [1.29, 1.82) is 5.26 Å². The maximum atomic E-state index is 14.8. The predicted molar refractivity (Wildman–Crippen MR) is 207 cm³/mol. The standard InChI is InChI=1S/C41H51F2N7O8S/c1-39(2,3)32-36(52)50-20-23(17-30(50)34(51)48-41(18-26(41)33(42)43)37(53)49-59(55,56)40(4)12-13-40)57-35-28(45-27-11-10-21(19-44)14-29(27)46-35)9-7-5-6-8-24-25-15-22(25)16-31(24)58-38(54)47-32/h10-11,14,22-26,30-33H,5-9,12-13,15-18,20H2,1-4H3,(H,47,54)(H,48,51)(H,49,53)/t22-,23+,24+,25?,26-,30-,31+,32+,41+/m0/s1. The van der Waals surface area contributed by atoms with Crippen LogP contribution in [0.3, 0.4) is 0 Å². The maximum absolute atomic E-state index is 14.8. The van der Waals surface area contributed by atoms with Crippen LogP contribution in [0.15, 0.2) is 18.2 Å². The third kappa shape index (κ3) is 7.91. The van der Waals surface area contributed by atoms with E-state index in [1.54, 1.807) is 39.0 Å².